The molecule has 0 spiro atoms. The fourth-order valence-corrected chi connectivity index (χ4v) is 2.16. The first-order valence-electron chi connectivity index (χ1n) is 5.64. The minimum Gasteiger partial charge on any atom is -0.391 e. The molecule has 5 heteroatoms. The van der Waals surface area contributed by atoms with Gasteiger partial charge in [-0.25, -0.2) is 0 Å². The number of likely N-dealkylation sites (tertiary alicyclic amines) is 1. The van der Waals surface area contributed by atoms with Gasteiger partial charge in [-0.05, 0) is 0 Å². The second kappa shape index (κ2) is 4.92. The summed E-state index contributed by atoms with van der Waals surface area (Å²) in [5.74, 6) is 0.0950. The van der Waals surface area contributed by atoms with Crippen LogP contribution in [0.1, 0.15) is 6.42 Å². The lowest BCUT2D eigenvalue weighted by Gasteiger charge is -2.28. The Morgan fingerprint density at radius 2 is 2.07 bits per heavy atom. The van der Waals surface area contributed by atoms with E-state index in [1.165, 1.54) is 0 Å². The number of nitrogens with zero attached hydrogens (tertiary/aromatic N) is 2. The molecule has 0 aromatic carbocycles. The van der Waals surface area contributed by atoms with Gasteiger partial charge in [0.15, 0.2) is 0 Å². The minimum absolute atomic E-state index is 0.0950. The highest BCUT2D eigenvalue weighted by molar-refractivity contribution is 5.78. The fraction of sp³-hybridized carbons (Fsp3) is 0.900. The first-order valence-corrected chi connectivity index (χ1v) is 5.64. The first-order chi connectivity index (χ1) is 7.25. The third-order valence-corrected chi connectivity index (χ3v) is 3.09. The lowest BCUT2D eigenvalue weighted by atomic mass is 10.3. The second-order valence-electron chi connectivity index (χ2n) is 4.29. The standard InChI is InChI=1S/C10H19N3O2/c14-9-7-10(15)13(8-9)6-5-12-3-1-11-2-4-12/h9,11,14H,1-8H2. The number of nitrogens with one attached hydrogen (secondary N) is 1. The summed E-state index contributed by atoms with van der Waals surface area (Å²) < 4.78 is 0. The van der Waals surface area contributed by atoms with Crippen molar-refractivity contribution in [2.75, 3.05) is 45.8 Å². The van der Waals surface area contributed by atoms with Gasteiger partial charge < -0.3 is 15.3 Å². The molecule has 1 atom stereocenters. The third-order valence-electron chi connectivity index (χ3n) is 3.09. The van der Waals surface area contributed by atoms with Crippen molar-refractivity contribution in [1.29, 1.82) is 0 Å². The van der Waals surface area contributed by atoms with Crippen LogP contribution in [0.4, 0.5) is 0 Å². The predicted octanol–water partition coefficient (Wildman–Crippen LogP) is -1.52. The Morgan fingerprint density at radius 1 is 1.33 bits per heavy atom. The zero-order chi connectivity index (χ0) is 10.7. The number of hydrogen-bond acceptors (Lipinski definition) is 4. The maximum atomic E-state index is 11.4. The Hall–Kier alpha value is -0.650. The van der Waals surface area contributed by atoms with Crippen LogP contribution >= 0.6 is 0 Å². The monoisotopic (exact) mass is 213 g/mol. The molecule has 2 N–H and O–H groups in total. The van der Waals surface area contributed by atoms with E-state index in [4.69, 9.17) is 0 Å². The van der Waals surface area contributed by atoms with Gasteiger partial charge in [-0.15, -0.1) is 0 Å². The molecule has 0 bridgehead atoms. The third kappa shape index (κ3) is 2.90. The summed E-state index contributed by atoms with van der Waals surface area (Å²) in [6, 6.07) is 0. The maximum Gasteiger partial charge on any atom is 0.225 e. The lowest BCUT2D eigenvalue weighted by Crippen LogP contribution is -2.46. The van der Waals surface area contributed by atoms with Crippen LogP contribution < -0.4 is 5.32 Å². The number of aliphatic hydroxyl groups is 1. The first kappa shape index (κ1) is 10.9. The van der Waals surface area contributed by atoms with Crippen molar-refractivity contribution in [3.05, 3.63) is 0 Å². The molecule has 0 aromatic heterocycles. The maximum absolute atomic E-state index is 11.4. The highest BCUT2D eigenvalue weighted by Gasteiger charge is 2.27. The Balaban J connectivity index is 1.70. The average molecular weight is 213 g/mol. The molecule has 0 saturated carbocycles. The molecule has 0 radical (unpaired) electrons. The van der Waals surface area contributed by atoms with Crippen LogP contribution in [0, 0.1) is 0 Å². The van der Waals surface area contributed by atoms with Crippen LogP contribution in [0.15, 0.2) is 0 Å². The Kier molecular flexibility index (Phi) is 3.56. The normalized spacial score (nSPS) is 28.7. The summed E-state index contributed by atoms with van der Waals surface area (Å²) in [4.78, 5) is 15.5. The second-order valence-corrected chi connectivity index (χ2v) is 4.29. The highest BCUT2D eigenvalue weighted by atomic mass is 16.3. The van der Waals surface area contributed by atoms with Crippen molar-refractivity contribution < 1.29 is 9.90 Å². The molecule has 15 heavy (non-hydrogen) atoms. The lowest BCUT2D eigenvalue weighted by molar-refractivity contribution is -0.127. The van der Waals surface area contributed by atoms with Gasteiger partial charge in [0.1, 0.15) is 0 Å². The molecule has 2 fully saturated rings. The molecule has 1 unspecified atom stereocenters. The van der Waals surface area contributed by atoms with E-state index in [1.807, 2.05) is 0 Å². The SMILES string of the molecule is O=C1CC(O)CN1CCN1CCNCC1. The molecule has 2 heterocycles. The van der Waals surface area contributed by atoms with E-state index in [2.05, 4.69) is 10.2 Å². The van der Waals surface area contributed by atoms with Crippen molar-refractivity contribution >= 4 is 5.91 Å². The topological polar surface area (TPSA) is 55.8 Å². The van der Waals surface area contributed by atoms with E-state index in [0.29, 0.717) is 13.0 Å². The van der Waals surface area contributed by atoms with E-state index in [9.17, 15) is 9.90 Å². The Labute approximate surface area is 90.0 Å². The predicted molar refractivity (Wildman–Crippen MR) is 56.5 cm³/mol. The van der Waals surface area contributed by atoms with E-state index in [1.54, 1.807) is 4.90 Å². The number of β-amino-alcohol motifs (C(OH)–C–C–N with tert-alkyl or cyclic N) is 1. The molecule has 2 aliphatic heterocycles. The summed E-state index contributed by atoms with van der Waals surface area (Å²) in [5.41, 5.74) is 0. The van der Waals surface area contributed by atoms with Gasteiger partial charge in [-0.2, -0.15) is 0 Å². The van der Waals surface area contributed by atoms with E-state index in [0.717, 1.165) is 39.3 Å². The van der Waals surface area contributed by atoms with Crippen LogP contribution in [0.5, 0.6) is 0 Å². The number of hydrogen-bond donors (Lipinski definition) is 2. The summed E-state index contributed by atoms with van der Waals surface area (Å²) in [6.07, 6.45) is -0.137. The van der Waals surface area contributed by atoms with Gasteiger partial charge in [-0.1, -0.05) is 0 Å². The van der Waals surface area contributed by atoms with Gasteiger partial charge >= 0.3 is 0 Å². The molecule has 86 valence electrons. The van der Waals surface area contributed by atoms with Gasteiger partial charge in [-0.3, -0.25) is 9.69 Å². The quantitative estimate of drug-likeness (QED) is 0.598. The number of carbonyl (C=O) groups excluding carboxylic acids is 1. The number of carbonyl (C=O) groups is 1. The molecular weight excluding hydrogens is 194 g/mol. The van der Waals surface area contributed by atoms with Crippen molar-refractivity contribution in [2.45, 2.75) is 12.5 Å². The summed E-state index contributed by atoms with van der Waals surface area (Å²) >= 11 is 0. The van der Waals surface area contributed by atoms with Crippen molar-refractivity contribution in [3.8, 4) is 0 Å². The summed E-state index contributed by atoms with van der Waals surface area (Å²) in [6.45, 7) is 6.41. The number of rotatable bonds is 3. The molecule has 0 aromatic rings. The van der Waals surface area contributed by atoms with E-state index in [-0.39, 0.29) is 5.91 Å². The van der Waals surface area contributed by atoms with Crippen LogP contribution in [-0.2, 0) is 4.79 Å². The molecule has 0 aliphatic carbocycles. The fourth-order valence-electron chi connectivity index (χ4n) is 2.16. The molecule has 2 aliphatic rings. The van der Waals surface area contributed by atoms with E-state index >= 15 is 0 Å². The number of aliphatic hydroxyl groups excluding tert-OH is 1. The average Bonchev–Trinajstić information content (AvgIpc) is 2.56. The minimum atomic E-state index is -0.444. The molecular formula is C10H19N3O2. The summed E-state index contributed by atoms with van der Waals surface area (Å²) in [5, 5.41) is 12.6. The van der Waals surface area contributed by atoms with Crippen LogP contribution in [0.2, 0.25) is 0 Å². The molecule has 2 saturated heterocycles. The van der Waals surface area contributed by atoms with E-state index < -0.39 is 6.10 Å². The number of piperazine rings is 1. The van der Waals surface area contributed by atoms with Gasteiger partial charge in [0.05, 0.1) is 12.5 Å². The number of amides is 1. The van der Waals surface area contributed by atoms with Gasteiger partial charge in [0, 0.05) is 45.8 Å². The Bertz CT molecular complexity index is 229. The Morgan fingerprint density at radius 3 is 2.67 bits per heavy atom. The molecule has 1 amide bonds. The zero-order valence-electron chi connectivity index (χ0n) is 8.98. The smallest absolute Gasteiger partial charge is 0.225 e. The summed E-state index contributed by atoms with van der Waals surface area (Å²) in [7, 11) is 0. The van der Waals surface area contributed by atoms with Gasteiger partial charge in [0.25, 0.3) is 0 Å². The zero-order valence-corrected chi connectivity index (χ0v) is 8.98. The van der Waals surface area contributed by atoms with Crippen molar-refractivity contribution in [2.24, 2.45) is 0 Å². The van der Waals surface area contributed by atoms with Crippen LogP contribution in [0.25, 0.3) is 0 Å². The molecule has 2 rings (SSSR count). The van der Waals surface area contributed by atoms with Gasteiger partial charge in [0.2, 0.25) is 5.91 Å². The largest absolute Gasteiger partial charge is 0.391 e. The molecule has 5 nitrogen and oxygen atoms in total. The highest BCUT2D eigenvalue weighted by Crippen LogP contribution is 2.10. The van der Waals surface area contributed by atoms with Crippen LogP contribution in [-0.4, -0.2) is 72.7 Å². The van der Waals surface area contributed by atoms with Crippen LogP contribution in [0.3, 0.4) is 0 Å². The van der Waals surface area contributed by atoms with Crippen molar-refractivity contribution in [3.63, 3.8) is 0 Å². The van der Waals surface area contributed by atoms with Crippen molar-refractivity contribution in [1.82, 2.24) is 15.1 Å².